The summed E-state index contributed by atoms with van der Waals surface area (Å²) in [5.41, 5.74) is 3.91. The van der Waals surface area contributed by atoms with Crippen LogP contribution in [0.1, 0.15) is 18.3 Å². The first-order chi connectivity index (χ1) is 12.0. The van der Waals surface area contributed by atoms with Gasteiger partial charge in [0.15, 0.2) is 11.6 Å². The minimum Gasteiger partial charge on any atom is -0.870 e. The van der Waals surface area contributed by atoms with E-state index in [4.69, 9.17) is 4.98 Å². The zero-order valence-electron chi connectivity index (χ0n) is 16.0. The minimum absolute atomic E-state index is 0. The van der Waals surface area contributed by atoms with Gasteiger partial charge in [-0.25, -0.2) is 9.97 Å². The fourth-order valence-corrected chi connectivity index (χ4v) is 3.15. The summed E-state index contributed by atoms with van der Waals surface area (Å²) >= 11 is 0. The molecule has 4 aromatic heterocycles. The Morgan fingerprint density at radius 3 is 2.59 bits per heavy atom. The molecule has 136 valence electrons. The molecule has 4 heterocycles. The number of nitrogens with zero attached hydrogens (tertiary/aromatic N) is 6. The van der Waals surface area contributed by atoms with Crippen LogP contribution in [-0.2, 0) is 25.4 Å². The topological polar surface area (TPSA) is 113 Å². The molecule has 2 N–H and O–H groups in total. The van der Waals surface area contributed by atoms with Crippen LogP contribution in [0.3, 0.4) is 0 Å². The average Bonchev–Trinajstić information content (AvgIpc) is 3.23. The Bertz CT molecular complexity index is 1110. The second kappa shape index (κ2) is 7.81. The van der Waals surface area contributed by atoms with E-state index in [2.05, 4.69) is 15.4 Å². The Kier molecular flexibility index (Phi) is 6.10. The molecule has 0 amide bonds. The smallest absolute Gasteiger partial charge is 0.870 e. The Balaban J connectivity index is 0.00000131. The summed E-state index contributed by atoms with van der Waals surface area (Å²) in [6.45, 7) is 4.59. The first-order valence-electron chi connectivity index (χ1n) is 8.03. The molecule has 4 aromatic rings. The van der Waals surface area contributed by atoms with Crippen LogP contribution in [0.4, 0.5) is 11.6 Å². The van der Waals surface area contributed by atoms with Crippen molar-refractivity contribution in [3.8, 4) is 0 Å². The number of anilines is 2. The molecule has 0 radical (unpaired) electrons. The summed E-state index contributed by atoms with van der Waals surface area (Å²) in [5, 5.41) is 8.57. The van der Waals surface area contributed by atoms with Crippen LogP contribution in [0, 0.1) is 6.92 Å². The molecule has 0 spiro atoms. The number of hydrogen-bond acceptors (Lipinski definition) is 6. The van der Waals surface area contributed by atoms with Gasteiger partial charge in [0, 0.05) is 38.7 Å². The molecular formula is C17H19N7NaO2-. The number of pyridine rings is 1. The van der Waals surface area contributed by atoms with Gasteiger partial charge in [0.05, 0.1) is 11.8 Å². The van der Waals surface area contributed by atoms with Crippen LogP contribution >= 0.6 is 0 Å². The molecule has 0 aliphatic rings. The normalized spacial score (nSPS) is 10.7. The molecule has 0 fully saturated rings. The Morgan fingerprint density at radius 2 is 2.00 bits per heavy atom. The molecule has 0 aliphatic carbocycles. The van der Waals surface area contributed by atoms with Gasteiger partial charge in [0.25, 0.3) is 0 Å². The van der Waals surface area contributed by atoms with Gasteiger partial charge in [-0.05, 0) is 19.2 Å². The maximum atomic E-state index is 11.3. The fraction of sp³-hybridized carbons (Fsp3) is 0.294. The number of aryl methyl sites for hydroxylation is 4. The van der Waals surface area contributed by atoms with Crippen LogP contribution in [0.2, 0.25) is 0 Å². The van der Waals surface area contributed by atoms with E-state index >= 15 is 0 Å². The quantitative estimate of drug-likeness (QED) is 0.362. The average molecular weight is 376 g/mol. The first-order valence-corrected chi connectivity index (χ1v) is 8.03. The Hall–Kier alpha value is -2.20. The standard InChI is InChI=1S/C17H18N7O.Na.H2O/c1-5-24-11(8-25)7-12-15-14(18-9-22(15)3)16(20-17(12)24)19-13-6-10(2)23(4)21-13;;/h6-7,9H,5H2,1-4H3,(H,19,20,21);;1H2/q-1;+1;/p-1. The van der Waals surface area contributed by atoms with Crippen LogP contribution in [0.15, 0.2) is 18.5 Å². The number of rotatable bonds is 4. The van der Waals surface area contributed by atoms with E-state index < -0.39 is 0 Å². The zero-order chi connectivity index (χ0) is 17.7. The van der Waals surface area contributed by atoms with Crippen LogP contribution < -0.4 is 34.9 Å². The van der Waals surface area contributed by atoms with Gasteiger partial charge >= 0.3 is 29.6 Å². The van der Waals surface area contributed by atoms with Gasteiger partial charge in [-0.15, -0.1) is 0 Å². The Morgan fingerprint density at radius 1 is 1.26 bits per heavy atom. The van der Waals surface area contributed by atoms with E-state index in [9.17, 15) is 4.79 Å². The summed E-state index contributed by atoms with van der Waals surface area (Å²) in [6.07, 6.45) is 3.74. The number of hydrogen-bond donors (Lipinski definition) is 1. The number of imidazole rings is 1. The predicted molar refractivity (Wildman–Crippen MR) is 97.6 cm³/mol. The first kappa shape index (κ1) is 21.1. The van der Waals surface area contributed by atoms with Gasteiger partial charge in [-0.3, -0.25) is 4.68 Å². The van der Waals surface area contributed by atoms with Crippen LogP contribution in [0.5, 0.6) is 0 Å². The van der Waals surface area contributed by atoms with Crippen molar-refractivity contribution in [1.29, 1.82) is 0 Å². The predicted octanol–water partition coefficient (Wildman–Crippen LogP) is -0.987. The van der Waals surface area contributed by atoms with E-state index in [-0.39, 0.29) is 35.0 Å². The van der Waals surface area contributed by atoms with E-state index in [1.54, 1.807) is 11.0 Å². The van der Waals surface area contributed by atoms with E-state index in [0.717, 1.165) is 27.8 Å². The van der Waals surface area contributed by atoms with Crippen molar-refractivity contribution < 1.29 is 39.8 Å². The van der Waals surface area contributed by atoms with E-state index in [1.165, 1.54) is 0 Å². The van der Waals surface area contributed by atoms with Gasteiger partial charge in [0.2, 0.25) is 0 Å². The van der Waals surface area contributed by atoms with Crippen LogP contribution in [-0.4, -0.2) is 40.6 Å². The summed E-state index contributed by atoms with van der Waals surface area (Å²) in [5.74, 6) is 1.32. The van der Waals surface area contributed by atoms with Gasteiger partial charge in [-0.1, -0.05) is 5.69 Å². The van der Waals surface area contributed by atoms with Gasteiger partial charge in [-0.2, -0.15) is 11.2 Å². The molecule has 0 aromatic carbocycles. The summed E-state index contributed by atoms with van der Waals surface area (Å²) in [7, 11) is 3.82. The number of fused-ring (bicyclic) bond motifs is 3. The van der Waals surface area contributed by atoms with Crippen molar-refractivity contribution in [2.24, 2.45) is 14.1 Å². The maximum absolute atomic E-state index is 11.3. The summed E-state index contributed by atoms with van der Waals surface area (Å²) in [4.78, 5) is 20.5. The van der Waals surface area contributed by atoms with Crippen LogP contribution in [0.25, 0.3) is 22.1 Å². The monoisotopic (exact) mass is 376 g/mol. The number of nitrogens with one attached hydrogen (secondary N) is 1. The molecule has 27 heavy (non-hydrogen) atoms. The molecule has 4 rings (SSSR count). The zero-order valence-corrected chi connectivity index (χ0v) is 18.0. The SMILES string of the molecule is CCn1c([C-]=O)cc2c3c(ncn3C)c(Nc3cc(C)n(C)n3)nc21.[Na+].[OH-]. The maximum Gasteiger partial charge on any atom is 1.00 e. The third kappa shape index (κ3) is 3.27. The number of carbonyl (C=O) groups excluding carboxylic acids is 1. The van der Waals surface area contributed by atoms with Gasteiger partial charge < -0.3 is 24.7 Å². The molecule has 0 saturated heterocycles. The molecule has 10 heteroatoms. The molecular weight excluding hydrogens is 357 g/mol. The second-order valence-corrected chi connectivity index (χ2v) is 6.05. The van der Waals surface area contributed by atoms with Crippen molar-refractivity contribution in [1.82, 2.24) is 28.9 Å². The van der Waals surface area contributed by atoms with E-state index in [1.807, 2.05) is 55.5 Å². The molecule has 0 atom stereocenters. The van der Waals surface area contributed by atoms with E-state index in [0.29, 0.717) is 23.9 Å². The second-order valence-electron chi connectivity index (χ2n) is 6.05. The molecule has 0 aliphatic heterocycles. The number of aromatic nitrogens is 6. The Labute approximate surface area is 178 Å². The van der Waals surface area contributed by atoms with Crippen molar-refractivity contribution in [3.05, 3.63) is 29.8 Å². The minimum atomic E-state index is 0. The summed E-state index contributed by atoms with van der Waals surface area (Å²) in [6, 6.07) is 3.77. The third-order valence-corrected chi connectivity index (χ3v) is 4.48. The van der Waals surface area contributed by atoms with Crippen molar-refractivity contribution in [2.75, 3.05) is 5.32 Å². The summed E-state index contributed by atoms with van der Waals surface area (Å²) < 4.78 is 5.58. The molecule has 0 bridgehead atoms. The molecule has 9 nitrogen and oxygen atoms in total. The van der Waals surface area contributed by atoms with Gasteiger partial charge in [0.1, 0.15) is 11.2 Å². The molecule has 0 saturated carbocycles. The van der Waals surface area contributed by atoms with Crippen molar-refractivity contribution in [2.45, 2.75) is 20.4 Å². The van der Waals surface area contributed by atoms with Crippen molar-refractivity contribution >= 4 is 40.0 Å². The molecule has 0 unspecified atom stereocenters. The fourth-order valence-electron chi connectivity index (χ4n) is 3.15. The largest absolute Gasteiger partial charge is 1.00 e. The van der Waals surface area contributed by atoms with Crippen molar-refractivity contribution in [3.63, 3.8) is 0 Å². The third-order valence-electron chi connectivity index (χ3n) is 4.48.